The van der Waals surface area contributed by atoms with Crippen molar-refractivity contribution in [1.82, 2.24) is 5.32 Å². The lowest BCUT2D eigenvalue weighted by Gasteiger charge is -2.43. The van der Waals surface area contributed by atoms with Crippen molar-refractivity contribution in [1.29, 1.82) is 0 Å². The van der Waals surface area contributed by atoms with E-state index in [2.05, 4.69) is 11.4 Å². The summed E-state index contributed by atoms with van der Waals surface area (Å²) in [6, 6.07) is 6.70. The zero-order valence-corrected chi connectivity index (χ0v) is 11.3. The molecule has 0 bridgehead atoms. The number of hydrogen-bond donors (Lipinski definition) is 1. The second kappa shape index (κ2) is 4.46. The maximum atomic E-state index is 6.35. The van der Waals surface area contributed by atoms with E-state index in [0.717, 1.165) is 22.6 Å². The molecule has 0 saturated heterocycles. The Balaban J connectivity index is 1.82. The lowest BCUT2D eigenvalue weighted by atomic mass is 9.64. The molecule has 2 aliphatic carbocycles. The smallest absolute Gasteiger partial charge is 0.0458 e. The van der Waals surface area contributed by atoms with Gasteiger partial charge in [0.1, 0.15) is 0 Å². The molecule has 0 unspecified atom stereocenters. The van der Waals surface area contributed by atoms with E-state index >= 15 is 0 Å². The average molecular weight is 270 g/mol. The average Bonchev–Trinajstić information content (AvgIpc) is 3.02. The Morgan fingerprint density at radius 3 is 2.53 bits per heavy atom. The summed E-state index contributed by atoms with van der Waals surface area (Å²) in [6.45, 7) is 1.07. The monoisotopic (exact) mass is 269 g/mol. The highest BCUT2D eigenvalue weighted by Crippen LogP contribution is 2.46. The first kappa shape index (κ1) is 11.8. The van der Waals surface area contributed by atoms with Crippen LogP contribution in [-0.2, 0) is 5.41 Å². The molecular formula is C14H17Cl2N. The summed E-state index contributed by atoms with van der Waals surface area (Å²) < 4.78 is 0. The van der Waals surface area contributed by atoms with Gasteiger partial charge in [0.25, 0.3) is 0 Å². The largest absolute Gasteiger partial charge is 0.313 e. The van der Waals surface area contributed by atoms with Crippen molar-refractivity contribution in [2.24, 2.45) is 0 Å². The zero-order valence-electron chi connectivity index (χ0n) is 9.81. The molecule has 1 aromatic carbocycles. The maximum absolute atomic E-state index is 6.35. The lowest BCUT2D eigenvalue weighted by Crippen LogP contribution is -2.44. The minimum Gasteiger partial charge on any atom is -0.313 e. The van der Waals surface area contributed by atoms with Gasteiger partial charge in [-0.05, 0) is 43.4 Å². The van der Waals surface area contributed by atoms with Crippen LogP contribution in [0.3, 0.4) is 0 Å². The fourth-order valence-corrected chi connectivity index (χ4v) is 3.30. The molecule has 3 rings (SSSR count). The predicted molar refractivity (Wildman–Crippen MR) is 73.0 cm³/mol. The molecule has 92 valence electrons. The quantitative estimate of drug-likeness (QED) is 0.866. The van der Waals surface area contributed by atoms with E-state index in [1.54, 1.807) is 0 Å². The van der Waals surface area contributed by atoms with Gasteiger partial charge < -0.3 is 5.32 Å². The van der Waals surface area contributed by atoms with Crippen molar-refractivity contribution < 1.29 is 0 Å². The van der Waals surface area contributed by atoms with Gasteiger partial charge >= 0.3 is 0 Å². The van der Waals surface area contributed by atoms with Gasteiger partial charge in [0, 0.05) is 28.0 Å². The van der Waals surface area contributed by atoms with Crippen LogP contribution in [0.15, 0.2) is 18.2 Å². The topological polar surface area (TPSA) is 12.0 Å². The summed E-state index contributed by atoms with van der Waals surface area (Å²) in [6.07, 6.45) is 6.47. The van der Waals surface area contributed by atoms with Crippen molar-refractivity contribution in [2.45, 2.75) is 43.6 Å². The zero-order chi connectivity index (χ0) is 11.9. The van der Waals surface area contributed by atoms with Crippen molar-refractivity contribution in [3.05, 3.63) is 33.8 Å². The first-order chi connectivity index (χ1) is 8.20. The molecule has 0 amide bonds. The SMILES string of the molecule is Clc1ccc(C2(CNC3CC3)CCC2)c(Cl)c1. The number of nitrogens with one attached hydrogen (secondary N) is 1. The van der Waals surface area contributed by atoms with Crippen LogP contribution in [0, 0.1) is 0 Å². The molecule has 2 aliphatic rings. The molecule has 1 nitrogen and oxygen atoms in total. The van der Waals surface area contributed by atoms with Crippen LogP contribution in [-0.4, -0.2) is 12.6 Å². The summed E-state index contributed by atoms with van der Waals surface area (Å²) in [5.74, 6) is 0. The first-order valence-corrected chi connectivity index (χ1v) is 7.14. The molecule has 0 spiro atoms. The molecule has 3 heteroatoms. The molecule has 1 aromatic rings. The summed E-state index contributed by atoms with van der Waals surface area (Å²) >= 11 is 12.3. The third-order valence-corrected chi connectivity index (χ3v) is 4.67. The number of rotatable bonds is 4. The third kappa shape index (κ3) is 2.33. The summed E-state index contributed by atoms with van der Waals surface area (Å²) in [5.41, 5.74) is 1.55. The van der Waals surface area contributed by atoms with Gasteiger partial charge in [0.05, 0.1) is 0 Å². The van der Waals surface area contributed by atoms with Gasteiger partial charge in [-0.3, -0.25) is 0 Å². The molecule has 0 atom stereocenters. The fourth-order valence-electron chi connectivity index (χ4n) is 2.69. The van der Waals surface area contributed by atoms with Crippen LogP contribution in [0.4, 0.5) is 0 Å². The van der Waals surface area contributed by atoms with Gasteiger partial charge in [-0.1, -0.05) is 35.7 Å². The molecule has 17 heavy (non-hydrogen) atoms. The molecule has 0 aromatic heterocycles. The summed E-state index contributed by atoms with van der Waals surface area (Å²) in [4.78, 5) is 0. The minimum atomic E-state index is 0.268. The molecule has 1 N–H and O–H groups in total. The molecule has 0 aliphatic heterocycles. The van der Waals surface area contributed by atoms with Gasteiger partial charge in [-0.2, -0.15) is 0 Å². The summed E-state index contributed by atoms with van der Waals surface area (Å²) in [5, 5.41) is 5.20. The Morgan fingerprint density at radius 2 is 2.00 bits per heavy atom. The Morgan fingerprint density at radius 1 is 1.24 bits per heavy atom. The predicted octanol–water partition coefficient (Wildman–Crippen LogP) is 4.17. The summed E-state index contributed by atoms with van der Waals surface area (Å²) in [7, 11) is 0. The van der Waals surface area contributed by atoms with Crippen LogP contribution in [0.5, 0.6) is 0 Å². The molecule has 2 saturated carbocycles. The standard InChI is InChI=1S/C14H17Cl2N/c15-10-2-5-12(13(16)8-10)14(6-1-7-14)9-17-11-3-4-11/h2,5,8,11,17H,1,3-4,6-7,9H2. The normalized spacial score (nSPS) is 22.2. The van der Waals surface area contributed by atoms with Crippen molar-refractivity contribution in [3.8, 4) is 0 Å². The Labute approximate surface area is 112 Å². The van der Waals surface area contributed by atoms with Crippen molar-refractivity contribution in [3.63, 3.8) is 0 Å². The molecule has 0 heterocycles. The van der Waals surface area contributed by atoms with Crippen LogP contribution in [0.2, 0.25) is 10.0 Å². The number of benzene rings is 1. The van der Waals surface area contributed by atoms with E-state index in [4.69, 9.17) is 23.2 Å². The van der Waals surface area contributed by atoms with E-state index < -0.39 is 0 Å². The van der Waals surface area contributed by atoms with Gasteiger partial charge in [0.2, 0.25) is 0 Å². The highest BCUT2D eigenvalue weighted by molar-refractivity contribution is 6.35. The van der Waals surface area contributed by atoms with Crippen molar-refractivity contribution in [2.75, 3.05) is 6.54 Å². The van der Waals surface area contributed by atoms with Crippen molar-refractivity contribution >= 4 is 23.2 Å². The van der Waals surface area contributed by atoms with E-state index in [-0.39, 0.29) is 5.41 Å². The highest BCUT2D eigenvalue weighted by atomic mass is 35.5. The number of halogens is 2. The van der Waals surface area contributed by atoms with Crippen LogP contribution < -0.4 is 5.32 Å². The molecular weight excluding hydrogens is 253 g/mol. The third-order valence-electron chi connectivity index (χ3n) is 4.12. The van der Waals surface area contributed by atoms with E-state index in [9.17, 15) is 0 Å². The Kier molecular flexibility index (Phi) is 3.10. The van der Waals surface area contributed by atoms with Crippen LogP contribution >= 0.6 is 23.2 Å². The van der Waals surface area contributed by atoms with Gasteiger partial charge in [0.15, 0.2) is 0 Å². The van der Waals surface area contributed by atoms with Gasteiger partial charge in [-0.25, -0.2) is 0 Å². The Bertz CT molecular complexity index is 422. The van der Waals surface area contributed by atoms with Crippen LogP contribution in [0.25, 0.3) is 0 Å². The second-order valence-electron chi connectivity index (χ2n) is 5.41. The highest BCUT2D eigenvalue weighted by Gasteiger charge is 2.40. The maximum Gasteiger partial charge on any atom is 0.0458 e. The van der Waals surface area contributed by atoms with E-state index in [1.807, 2.05) is 12.1 Å². The van der Waals surface area contributed by atoms with Gasteiger partial charge in [-0.15, -0.1) is 0 Å². The molecule has 2 fully saturated rings. The fraction of sp³-hybridized carbons (Fsp3) is 0.571. The Hall–Kier alpha value is -0.240. The van der Waals surface area contributed by atoms with E-state index in [0.29, 0.717) is 0 Å². The lowest BCUT2D eigenvalue weighted by molar-refractivity contribution is 0.233. The number of hydrogen-bond acceptors (Lipinski definition) is 1. The minimum absolute atomic E-state index is 0.268. The van der Waals surface area contributed by atoms with E-state index in [1.165, 1.54) is 37.7 Å². The van der Waals surface area contributed by atoms with Crippen LogP contribution in [0.1, 0.15) is 37.7 Å². The first-order valence-electron chi connectivity index (χ1n) is 6.39. The second-order valence-corrected chi connectivity index (χ2v) is 6.26. The molecule has 0 radical (unpaired) electrons.